The second kappa shape index (κ2) is 10.9. The maximum absolute atomic E-state index is 12.0. The van der Waals surface area contributed by atoms with E-state index in [1.807, 2.05) is 0 Å². The third kappa shape index (κ3) is 10.5. The van der Waals surface area contributed by atoms with Crippen LogP contribution in [-0.4, -0.2) is 57.6 Å². The van der Waals surface area contributed by atoms with Crippen LogP contribution in [-0.2, 0) is 14.3 Å². The van der Waals surface area contributed by atoms with E-state index in [-0.39, 0.29) is 19.8 Å². The number of carbonyl (C=O) groups excluding carboxylic acids is 3. The van der Waals surface area contributed by atoms with Crippen molar-refractivity contribution in [2.24, 2.45) is 0 Å². The van der Waals surface area contributed by atoms with Crippen LogP contribution in [0.1, 0.15) is 0 Å². The first-order valence-electron chi connectivity index (χ1n) is 7.60. The summed E-state index contributed by atoms with van der Waals surface area (Å²) in [6.07, 6.45) is -5.26. The van der Waals surface area contributed by atoms with Crippen LogP contribution in [0.5, 0.6) is 0 Å². The molecular formula is C15H19F3N4O5. The number of imide groups is 1. The summed E-state index contributed by atoms with van der Waals surface area (Å²) in [5.74, 6) is -0.841. The van der Waals surface area contributed by atoms with Gasteiger partial charge in [0.05, 0.1) is 13.2 Å². The Kier molecular flexibility index (Phi) is 8.85. The normalized spacial score (nSPS) is 10.7. The Bertz CT molecular complexity index is 655. The number of amides is 4. The van der Waals surface area contributed by atoms with Gasteiger partial charge in [0.1, 0.15) is 13.2 Å². The van der Waals surface area contributed by atoms with Crippen molar-refractivity contribution in [3.8, 4) is 0 Å². The van der Waals surface area contributed by atoms with Crippen molar-refractivity contribution in [3.05, 3.63) is 24.3 Å². The molecule has 0 bridgehead atoms. The minimum Gasteiger partial charge on any atom is -0.447 e. The lowest BCUT2D eigenvalue weighted by molar-refractivity contribution is -0.124. The van der Waals surface area contributed by atoms with Crippen LogP contribution in [0.4, 0.5) is 34.1 Å². The first-order chi connectivity index (χ1) is 12.7. The fraction of sp³-hybridized carbons (Fsp3) is 0.400. The van der Waals surface area contributed by atoms with E-state index in [0.717, 1.165) is 0 Å². The highest BCUT2D eigenvalue weighted by Gasteiger charge is 2.27. The number of nitrogens with one attached hydrogen (secondary N) is 4. The van der Waals surface area contributed by atoms with Gasteiger partial charge in [0.15, 0.2) is 0 Å². The Labute approximate surface area is 152 Å². The zero-order chi connectivity index (χ0) is 20.3. The zero-order valence-electron chi connectivity index (χ0n) is 14.3. The Morgan fingerprint density at radius 3 is 2.48 bits per heavy atom. The van der Waals surface area contributed by atoms with Crippen LogP contribution < -0.4 is 21.3 Å². The number of methoxy groups -OCH3 is 1. The third-order valence-electron chi connectivity index (χ3n) is 2.78. The van der Waals surface area contributed by atoms with Crippen LogP contribution in [0.2, 0.25) is 0 Å². The molecule has 0 aromatic heterocycles. The summed E-state index contributed by atoms with van der Waals surface area (Å²) in [6.45, 7) is -1.59. The number of benzene rings is 1. The summed E-state index contributed by atoms with van der Waals surface area (Å²) in [6, 6.07) is 4.98. The molecule has 4 amide bonds. The van der Waals surface area contributed by atoms with Crippen molar-refractivity contribution in [1.29, 1.82) is 0 Å². The minimum atomic E-state index is -4.57. The fourth-order valence-corrected chi connectivity index (χ4v) is 1.66. The Morgan fingerprint density at radius 1 is 1.11 bits per heavy atom. The zero-order valence-corrected chi connectivity index (χ0v) is 14.3. The molecule has 0 saturated carbocycles. The Balaban J connectivity index is 2.40. The lowest BCUT2D eigenvalue weighted by atomic mass is 10.2. The smallest absolute Gasteiger partial charge is 0.411 e. The van der Waals surface area contributed by atoms with Crippen molar-refractivity contribution >= 4 is 29.4 Å². The average molecular weight is 392 g/mol. The van der Waals surface area contributed by atoms with E-state index >= 15 is 0 Å². The van der Waals surface area contributed by atoms with E-state index in [9.17, 15) is 27.6 Å². The first kappa shape index (κ1) is 22.0. The summed E-state index contributed by atoms with van der Waals surface area (Å²) in [7, 11) is 1.46. The number of rotatable bonds is 8. The summed E-state index contributed by atoms with van der Waals surface area (Å²) in [4.78, 5) is 34.2. The Morgan fingerprint density at radius 2 is 1.81 bits per heavy atom. The van der Waals surface area contributed by atoms with E-state index in [1.165, 1.54) is 18.5 Å². The predicted octanol–water partition coefficient (Wildman–Crippen LogP) is 1.68. The predicted molar refractivity (Wildman–Crippen MR) is 89.4 cm³/mol. The Hall–Kier alpha value is -3.02. The highest BCUT2D eigenvalue weighted by Crippen LogP contribution is 2.15. The van der Waals surface area contributed by atoms with Crippen molar-refractivity contribution in [2.45, 2.75) is 6.18 Å². The molecule has 0 aliphatic rings. The van der Waals surface area contributed by atoms with Gasteiger partial charge in [-0.25, -0.2) is 9.59 Å². The highest BCUT2D eigenvalue weighted by atomic mass is 19.4. The van der Waals surface area contributed by atoms with Crippen molar-refractivity contribution < 1.29 is 37.0 Å². The van der Waals surface area contributed by atoms with Crippen LogP contribution in [0.25, 0.3) is 0 Å². The molecule has 0 heterocycles. The number of halogens is 3. The number of urea groups is 1. The van der Waals surface area contributed by atoms with Gasteiger partial charge in [0, 0.05) is 18.5 Å². The molecule has 0 radical (unpaired) electrons. The van der Waals surface area contributed by atoms with Gasteiger partial charge in [0.2, 0.25) is 5.91 Å². The molecule has 0 aliphatic heterocycles. The lowest BCUT2D eigenvalue weighted by Gasteiger charge is -2.11. The number of hydrogen-bond acceptors (Lipinski definition) is 6. The summed E-state index contributed by atoms with van der Waals surface area (Å²) < 4.78 is 45.4. The average Bonchev–Trinajstić information content (AvgIpc) is 2.58. The molecule has 27 heavy (non-hydrogen) atoms. The lowest BCUT2D eigenvalue weighted by Crippen LogP contribution is -2.45. The maximum Gasteiger partial charge on any atom is 0.411 e. The van der Waals surface area contributed by atoms with Crippen LogP contribution >= 0.6 is 0 Å². The molecule has 0 fully saturated rings. The maximum atomic E-state index is 12.0. The van der Waals surface area contributed by atoms with E-state index in [0.29, 0.717) is 11.4 Å². The third-order valence-corrected chi connectivity index (χ3v) is 2.78. The quantitative estimate of drug-likeness (QED) is 0.500. The van der Waals surface area contributed by atoms with Crippen molar-refractivity contribution in [1.82, 2.24) is 10.6 Å². The molecule has 150 valence electrons. The highest BCUT2D eigenvalue weighted by molar-refractivity contribution is 5.96. The molecule has 0 spiro atoms. The fourth-order valence-electron chi connectivity index (χ4n) is 1.66. The minimum absolute atomic E-state index is 0.0802. The monoisotopic (exact) mass is 392 g/mol. The molecule has 4 N–H and O–H groups in total. The number of anilines is 2. The van der Waals surface area contributed by atoms with Gasteiger partial charge in [0.25, 0.3) is 0 Å². The van der Waals surface area contributed by atoms with Crippen molar-refractivity contribution in [2.75, 3.05) is 44.0 Å². The number of carbonyl (C=O) groups is 3. The molecule has 1 aromatic rings. The van der Waals surface area contributed by atoms with Crippen LogP contribution in [0.15, 0.2) is 24.3 Å². The van der Waals surface area contributed by atoms with Gasteiger partial charge in [-0.05, 0) is 18.2 Å². The largest absolute Gasteiger partial charge is 0.447 e. The second-order valence-corrected chi connectivity index (χ2v) is 5.03. The molecule has 0 atom stereocenters. The summed E-state index contributed by atoms with van der Waals surface area (Å²) in [5.41, 5.74) is 0.807. The summed E-state index contributed by atoms with van der Waals surface area (Å²) in [5, 5.41) is 8.38. The molecule has 0 saturated heterocycles. The van der Waals surface area contributed by atoms with E-state index in [2.05, 4.69) is 10.6 Å². The van der Waals surface area contributed by atoms with Gasteiger partial charge >= 0.3 is 18.3 Å². The standard InChI is InChI=1S/C15H19F3N4O5/c1-26-5-6-27-14(25)21-11-4-2-3-10(7-11)19-8-12(23)22-13(24)20-9-15(16,17)18/h2-4,7,19H,5-6,8-9H2,1H3,(H,21,25)(H2,20,22,23,24). The van der Waals surface area contributed by atoms with Gasteiger partial charge < -0.3 is 20.1 Å². The second-order valence-electron chi connectivity index (χ2n) is 5.03. The van der Waals surface area contributed by atoms with Gasteiger partial charge in [-0.1, -0.05) is 6.07 Å². The van der Waals surface area contributed by atoms with Gasteiger partial charge in [-0.2, -0.15) is 13.2 Å². The number of alkyl halides is 3. The topological polar surface area (TPSA) is 118 Å². The SMILES string of the molecule is COCCOC(=O)Nc1cccc(NCC(=O)NC(=O)NCC(F)(F)F)c1. The van der Waals surface area contributed by atoms with Gasteiger partial charge in [-0.15, -0.1) is 0 Å². The number of ether oxygens (including phenoxy) is 2. The molecule has 0 aliphatic carbocycles. The van der Waals surface area contributed by atoms with Gasteiger partial charge in [-0.3, -0.25) is 15.4 Å². The van der Waals surface area contributed by atoms with Crippen molar-refractivity contribution in [3.63, 3.8) is 0 Å². The van der Waals surface area contributed by atoms with E-state index in [4.69, 9.17) is 9.47 Å². The molecule has 12 heteroatoms. The van der Waals surface area contributed by atoms with Crippen LogP contribution in [0.3, 0.4) is 0 Å². The molecule has 0 unspecified atom stereocenters. The first-order valence-corrected chi connectivity index (χ1v) is 7.60. The van der Waals surface area contributed by atoms with E-state index in [1.54, 1.807) is 23.5 Å². The summed E-state index contributed by atoms with van der Waals surface area (Å²) >= 11 is 0. The number of hydrogen-bond donors (Lipinski definition) is 4. The molecule has 1 aromatic carbocycles. The van der Waals surface area contributed by atoms with E-state index < -0.39 is 30.8 Å². The molecule has 9 nitrogen and oxygen atoms in total. The molecule has 1 rings (SSSR count). The van der Waals surface area contributed by atoms with Crippen LogP contribution in [0, 0.1) is 0 Å². The molecular weight excluding hydrogens is 373 g/mol.